The third-order valence-electron chi connectivity index (χ3n) is 13.9. The van der Waals surface area contributed by atoms with E-state index in [-0.39, 0.29) is 25.9 Å². The Morgan fingerprint density at radius 3 is 1.23 bits per heavy atom. The van der Waals surface area contributed by atoms with Crippen molar-refractivity contribution in [2.75, 3.05) is 13.2 Å². The van der Waals surface area contributed by atoms with E-state index in [2.05, 4.69) is 118 Å². The number of esters is 3. The fourth-order valence-electron chi connectivity index (χ4n) is 9.06. The molecule has 0 amide bonds. The summed E-state index contributed by atoms with van der Waals surface area (Å²) in [6.45, 7) is 5.71. The lowest BCUT2D eigenvalue weighted by Gasteiger charge is -2.40. The fraction of sp³-hybridized carbons (Fsp3) is 0.681. The predicted molar refractivity (Wildman–Crippen MR) is 330 cm³/mol. The molecule has 1 aliphatic heterocycles. The minimum Gasteiger partial charge on any atom is -0.479 e. The van der Waals surface area contributed by atoms with E-state index in [0.29, 0.717) is 25.7 Å². The highest BCUT2D eigenvalue weighted by atomic mass is 16.7. The molecule has 1 saturated heterocycles. The Balaban J connectivity index is 2.69. The van der Waals surface area contributed by atoms with Gasteiger partial charge in [-0.15, -0.1) is 0 Å². The molecule has 0 bridgehead atoms. The van der Waals surface area contributed by atoms with E-state index in [1.165, 1.54) is 96.3 Å². The number of hydrogen-bond acceptors (Lipinski definition) is 11. The molecule has 81 heavy (non-hydrogen) atoms. The van der Waals surface area contributed by atoms with E-state index >= 15 is 0 Å². The summed E-state index contributed by atoms with van der Waals surface area (Å²) in [5.74, 6) is -3.27. The minimum absolute atomic E-state index is 0.00896. The van der Waals surface area contributed by atoms with Crippen LogP contribution in [0.5, 0.6) is 0 Å². The lowest BCUT2D eigenvalue weighted by Crippen LogP contribution is -2.61. The molecule has 1 fully saturated rings. The van der Waals surface area contributed by atoms with Crippen LogP contribution in [0.3, 0.4) is 0 Å². The van der Waals surface area contributed by atoms with Crippen LogP contribution in [0.15, 0.2) is 109 Å². The van der Waals surface area contributed by atoms with Crippen molar-refractivity contribution < 1.29 is 58.2 Å². The van der Waals surface area contributed by atoms with Gasteiger partial charge in [-0.25, -0.2) is 4.79 Å². The van der Waals surface area contributed by atoms with Crippen LogP contribution in [0.1, 0.15) is 252 Å². The number of unbranched alkanes of at least 4 members (excludes halogenated alkanes) is 21. The molecule has 0 aromatic heterocycles. The number of carbonyl (C=O) groups is 4. The molecule has 6 unspecified atom stereocenters. The summed E-state index contributed by atoms with van der Waals surface area (Å²) in [6.07, 6.45) is 63.6. The maximum atomic E-state index is 13.1. The van der Waals surface area contributed by atoms with E-state index in [1.807, 2.05) is 12.2 Å². The van der Waals surface area contributed by atoms with E-state index in [9.17, 15) is 34.5 Å². The van der Waals surface area contributed by atoms with Gasteiger partial charge in [-0.05, 0) is 89.9 Å². The topological polar surface area (TPSA) is 175 Å². The number of allylic oxidation sites excluding steroid dienone is 18. The van der Waals surface area contributed by atoms with Crippen LogP contribution in [0.4, 0.5) is 0 Å². The van der Waals surface area contributed by atoms with Crippen molar-refractivity contribution in [1.82, 2.24) is 0 Å². The monoisotopic (exact) mass is 1130 g/mol. The molecule has 0 radical (unpaired) electrons. The van der Waals surface area contributed by atoms with Gasteiger partial charge in [-0.2, -0.15) is 0 Å². The van der Waals surface area contributed by atoms with Gasteiger partial charge in [-0.3, -0.25) is 14.4 Å². The van der Waals surface area contributed by atoms with Crippen molar-refractivity contribution in [3.63, 3.8) is 0 Å². The first kappa shape index (κ1) is 74.4. The molecular weight excluding hydrogens is 1020 g/mol. The van der Waals surface area contributed by atoms with Crippen LogP contribution in [0.2, 0.25) is 0 Å². The second-order valence-corrected chi connectivity index (χ2v) is 21.3. The lowest BCUT2D eigenvalue weighted by atomic mass is 9.98. The highest BCUT2D eigenvalue weighted by Crippen LogP contribution is 2.26. The van der Waals surface area contributed by atoms with E-state index < -0.39 is 67.3 Å². The Morgan fingerprint density at radius 1 is 0.420 bits per heavy atom. The summed E-state index contributed by atoms with van der Waals surface area (Å²) in [7, 11) is 0. The van der Waals surface area contributed by atoms with Crippen molar-refractivity contribution in [2.24, 2.45) is 0 Å². The Morgan fingerprint density at radius 2 is 0.802 bits per heavy atom. The number of aliphatic hydroxyl groups excluding tert-OH is 2. The normalized spacial score (nSPS) is 18.5. The lowest BCUT2D eigenvalue weighted by molar-refractivity contribution is -0.301. The first-order valence-electron chi connectivity index (χ1n) is 31.9. The van der Waals surface area contributed by atoms with E-state index in [1.54, 1.807) is 0 Å². The molecule has 460 valence electrons. The largest absolute Gasteiger partial charge is 0.479 e. The van der Waals surface area contributed by atoms with Gasteiger partial charge in [0.05, 0.1) is 6.61 Å². The van der Waals surface area contributed by atoms with Gasteiger partial charge in [-0.1, -0.05) is 252 Å². The highest BCUT2D eigenvalue weighted by Gasteiger charge is 2.50. The molecule has 12 heteroatoms. The molecule has 6 atom stereocenters. The van der Waals surface area contributed by atoms with Crippen LogP contribution >= 0.6 is 0 Å². The number of carboxylic acids is 1. The number of hydrogen-bond donors (Lipinski definition) is 3. The number of ether oxygens (including phenoxy) is 5. The zero-order valence-electron chi connectivity index (χ0n) is 50.7. The van der Waals surface area contributed by atoms with Gasteiger partial charge in [0.2, 0.25) is 0 Å². The summed E-state index contributed by atoms with van der Waals surface area (Å²) in [4.78, 5) is 51.2. The summed E-state index contributed by atoms with van der Waals surface area (Å²) < 4.78 is 28.4. The van der Waals surface area contributed by atoms with Crippen molar-refractivity contribution >= 4 is 23.9 Å². The van der Waals surface area contributed by atoms with Crippen LogP contribution in [-0.2, 0) is 42.9 Å². The van der Waals surface area contributed by atoms with Gasteiger partial charge < -0.3 is 39.0 Å². The number of carboxylic acid groups (broad SMARTS) is 1. The van der Waals surface area contributed by atoms with Gasteiger partial charge in [0.25, 0.3) is 0 Å². The fourth-order valence-corrected chi connectivity index (χ4v) is 9.06. The second kappa shape index (κ2) is 55.9. The predicted octanol–water partition coefficient (Wildman–Crippen LogP) is 17.0. The van der Waals surface area contributed by atoms with E-state index in [0.717, 1.165) is 89.9 Å². The second-order valence-electron chi connectivity index (χ2n) is 21.3. The van der Waals surface area contributed by atoms with Gasteiger partial charge in [0.15, 0.2) is 24.6 Å². The molecule has 1 heterocycles. The smallest absolute Gasteiger partial charge is 0.335 e. The standard InChI is InChI=1S/C69H112O12/c1-4-7-10-13-16-19-22-25-27-29-31-33-35-38-40-43-46-49-52-55-61(70)77-58-60(79-62(71)56-53-50-47-44-41-37-24-21-18-15-12-9-6-3)59-78-69-67(65(74)64(73)66(81-69)68(75)76)80-63(72)57-54-51-48-45-42-39-36-34-32-30-28-26-23-20-17-14-11-8-5-2/h8-9,11-12,17-18,20-21,26,28,32,34,37,39,41-42,47,50,60,64-67,69,73-74H,4-7,10,13-16,19,22-25,27,29-31,33,35-36,38,40,43-46,48-49,51-59H2,1-3H3,(H,75,76)/b11-8-,12-9-,20-17-,21-18-,28-26-,34-32-,41-37-,42-39-,50-47-. The number of carbonyl (C=O) groups excluding carboxylic acids is 3. The van der Waals surface area contributed by atoms with Crippen molar-refractivity contribution in [1.29, 1.82) is 0 Å². The SMILES string of the molecule is CC/C=C\C/C=C\C/C=C\C/C=C\C/C=C\CCCCCC(=O)OC1C(OCC(COC(=O)CCCCCCCCCCCCCCCCCCCCC)OC(=O)CC/C=C\C/C=C\C/C=C\C/C=C\CC)OC(C(=O)O)C(O)C1O. The molecule has 0 saturated carbocycles. The Hall–Kier alpha value is -4.62. The van der Waals surface area contributed by atoms with Crippen molar-refractivity contribution in [3.8, 4) is 0 Å². The first-order valence-corrected chi connectivity index (χ1v) is 31.9. The third-order valence-corrected chi connectivity index (χ3v) is 13.9. The maximum absolute atomic E-state index is 13.1. The number of rotatable bonds is 53. The number of aliphatic hydroxyl groups is 2. The maximum Gasteiger partial charge on any atom is 0.335 e. The molecule has 0 aromatic carbocycles. The van der Waals surface area contributed by atoms with Crippen molar-refractivity contribution in [3.05, 3.63) is 109 Å². The molecule has 1 rings (SSSR count). The summed E-state index contributed by atoms with van der Waals surface area (Å²) in [5.41, 5.74) is 0. The van der Waals surface area contributed by atoms with Crippen LogP contribution in [-0.4, -0.2) is 89.2 Å². The minimum atomic E-state index is -1.93. The van der Waals surface area contributed by atoms with Gasteiger partial charge in [0, 0.05) is 19.3 Å². The zero-order chi connectivity index (χ0) is 58.9. The molecule has 12 nitrogen and oxygen atoms in total. The molecule has 1 aliphatic rings. The Labute approximate surface area is 491 Å². The molecule has 0 aromatic rings. The van der Waals surface area contributed by atoms with E-state index in [4.69, 9.17) is 23.7 Å². The third kappa shape index (κ3) is 45.6. The van der Waals surface area contributed by atoms with Gasteiger partial charge >= 0.3 is 23.9 Å². The molecule has 0 aliphatic carbocycles. The molecule has 0 spiro atoms. The van der Waals surface area contributed by atoms with Crippen LogP contribution in [0.25, 0.3) is 0 Å². The summed E-state index contributed by atoms with van der Waals surface area (Å²) in [5, 5.41) is 31.5. The highest BCUT2D eigenvalue weighted by molar-refractivity contribution is 5.74. The van der Waals surface area contributed by atoms with Gasteiger partial charge in [0.1, 0.15) is 18.8 Å². The van der Waals surface area contributed by atoms with Crippen LogP contribution in [0, 0.1) is 0 Å². The zero-order valence-corrected chi connectivity index (χ0v) is 50.7. The summed E-state index contributed by atoms with van der Waals surface area (Å²) >= 11 is 0. The summed E-state index contributed by atoms with van der Waals surface area (Å²) in [6, 6.07) is 0. The average molecular weight is 1130 g/mol. The first-order chi connectivity index (χ1) is 39.6. The Bertz CT molecular complexity index is 1820. The molecule has 3 N–H and O–H groups in total. The number of aliphatic carboxylic acids is 1. The van der Waals surface area contributed by atoms with Crippen molar-refractivity contribution in [2.45, 2.75) is 289 Å². The Kier molecular flexibility index (Phi) is 51.3. The molecular formula is C69H112O12. The quantitative estimate of drug-likeness (QED) is 0.0228. The van der Waals surface area contributed by atoms with Crippen LogP contribution < -0.4 is 0 Å². The average Bonchev–Trinajstić information content (AvgIpc) is 3.54.